The lowest BCUT2D eigenvalue weighted by molar-refractivity contribution is -0.143. The topological polar surface area (TPSA) is 49.8 Å². The summed E-state index contributed by atoms with van der Waals surface area (Å²) in [6.07, 6.45) is 1.42. The fraction of sp³-hybridized carbons (Fsp3) is 0.500. The van der Waals surface area contributed by atoms with Gasteiger partial charge in [-0.3, -0.25) is 9.69 Å². The van der Waals surface area contributed by atoms with Crippen molar-refractivity contribution in [2.24, 2.45) is 5.92 Å². The maximum atomic E-state index is 10.9. The van der Waals surface area contributed by atoms with E-state index < -0.39 is 5.97 Å². The van der Waals surface area contributed by atoms with Crippen LogP contribution in [0.4, 0.5) is 0 Å². The Labute approximate surface area is 117 Å². The number of carboxylic acid groups (broad SMARTS) is 1. The molecule has 1 N–H and O–H groups in total. The molecule has 1 aliphatic rings. The molecule has 19 heavy (non-hydrogen) atoms. The van der Waals surface area contributed by atoms with Crippen molar-refractivity contribution >= 4 is 17.6 Å². The normalized spacial score (nSPS) is 17.4. The Hall–Kier alpha value is -1.26. The molecule has 0 bridgehead atoms. The van der Waals surface area contributed by atoms with Crippen LogP contribution in [-0.4, -0.2) is 36.2 Å². The van der Waals surface area contributed by atoms with Crippen molar-refractivity contribution in [3.8, 4) is 5.75 Å². The van der Waals surface area contributed by atoms with Crippen LogP contribution < -0.4 is 4.74 Å². The number of likely N-dealkylation sites (tertiary alicyclic amines) is 1. The Bertz CT molecular complexity index is 456. The molecule has 1 heterocycles. The first-order valence-electron chi connectivity index (χ1n) is 6.37. The van der Waals surface area contributed by atoms with Crippen LogP contribution >= 0.6 is 11.6 Å². The smallest absolute Gasteiger partial charge is 0.306 e. The largest absolute Gasteiger partial charge is 0.497 e. The molecule has 1 aromatic carbocycles. The van der Waals surface area contributed by atoms with E-state index >= 15 is 0 Å². The molecule has 0 aliphatic carbocycles. The highest BCUT2D eigenvalue weighted by Crippen LogP contribution is 2.25. The number of carbonyl (C=O) groups is 1. The molecule has 1 fully saturated rings. The van der Waals surface area contributed by atoms with E-state index in [2.05, 4.69) is 4.90 Å². The van der Waals surface area contributed by atoms with Gasteiger partial charge in [-0.25, -0.2) is 0 Å². The maximum Gasteiger partial charge on any atom is 0.306 e. The summed E-state index contributed by atoms with van der Waals surface area (Å²) in [4.78, 5) is 13.1. The lowest BCUT2D eigenvalue weighted by Crippen LogP contribution is -2.35. The van der Waals surface area contributed by atoms with E-state index in [1.807, 2.05) is 12.1 Å². The number of piperidine rings is 1. The van der Waals surface area contributed by atoms with Gasteiger partial charge in [0.1, 0.15) is 5.75 Å². The standard InChI is InChI=1S/C14H18ClNO3/c1-19-12-3-2-11(13(15)8-12)9-16-6-4-10(5-7-16)14(17)18/h2-3,8,10H,4-7,9H2,1H3,(H,17,18). The van der Waals surface area contributed by atoms with Gasteiger partial charge >= 0.3 is 5.97 Å². The summed E-state index contributed by atoms with van der Waals surface area (Å²) in [5.74, 6) is -0.122. The van der Waals surface area contributed by atoms with Crippen LogP contribution in [0.5, 0.6) is 5.75 Å². The van der Waals surface area contributed by atoms with Gasteiger partial charge in [0.05, 0.1) is 13.0 Å². The first kappa shape index (κ1) is 14.2. The molecule has 104 valence electrons. The molecular weight excluding hydrogens is 266 g/mol. The second kappa shape index (κ2) is 6.26. The zero-order valence-electron chi connectivity index (χ0n) is 10.9. The van der Waals surface area contributed by atoms with Gasteiger partial charge in [-0.05, 0) is 43.6 Å². The van der Waals surface area contributed by atoms with E-state index in [4.69, 9.17) is 21.4 Å². The molecule has 0 unspecified atom stereocenters. The second-order valence-corrected chi connectivity index (χ2v) is 5.25. The lowest BCUT2D eigenvalue weighted by Gasteiger charge is -2.30. The molecular formula is C14H18ClNO3. The number of hydrogen-bond donors (Lipinski definition) is 1. The summed E-state index contributed by atoms with van der Waals surface area (Å²) in [7, 11) is 1.61. The number of aliphatic carboxylic acids is 1. The van der Waals surface area contributed by atoms with Gasteiger partial charge in [-0.2, -0.15) is 0 Å². The number of methoxy groups -OCH3 is 1. The third kappa shape index (κ3) is 3.61. The van der Waals surface area contributed by atoms with Gasteiger partial charge < -0.3 is 9.84 Å². The number of nitrogens with zero attached hydrogens (tertiary/aromatic N) is 1. The highest BCUT2D eigenvalue weighted by molar-refractivity contribution is 6.31. The van der Waals surface area contributed by atoms with Crippen LogP contribution in [0.15, 0.2) is 18.2 Å². The van der Waals surface area contributed by atoms with E-state index in [0.29, 0.717) is 17.9 Å². The van der Waals surface area contributed by atoms with Crippen LogP contribution in [0.3, 0.4) is 0 Å². The quantitative estimate of drug-likeness (QED) is 0.923. The average Bonchev–Trinajstić information content (AvgIpc) is 2.41. The Balaban J connectivity index is 1.94. The van der Waals surface area contributed by atoms with E-state index in [-0.39, 0.29) is 5.92 Å². The second-order valence-electron chi connectivity index (χ2n) is 4.85. The molecule has 0 saturated carbocycles. The minimum Gasteiger partial charge on any atom is -0.497 e. The lowest BCUT2D eigenvalue weighted by atomic mass is 9.97. The monoisotopic (exact) mass is 283 g/mol. The predicted molar refractivity (Wildman–Crippen MR) is 73.6 cm³/mol. The minimum absolute atomic E-state index is 0.192. The highest BCUT2D eigenvalue weighted by atomic mass is 35.5. The van der Waals surface area contributed by atoms with Crippen molar-refractivity contribution < 1.29 is 14.6 Å². The van der Waals surface area contributed by atoms with E-state index in [9.17, 15) is 4.79 Å². The van der Waals surface area contributed by atoms with Crippen molar-refractivity contribution in [1.29, 1.82) is 0 Å². The maximum absolute atomic E-state index is 10.9. The molecule has 4 nitrogen and oxygen atoms in total. The summed E-state index contributed by atoms with van der Waals surface area (Å²) < 4.78 is 5.12. The molecule has 0 spiro atoms. The summed E-state index contributed by atoms with van der Waals surface area (Å²) in [6, 6.07) is 5.66. The number of rotatable bonds is 4. The van der Waals surface area contributed by atoms with Gasteiger partial charge in [-0.1, -0.05) is 17.7 Å². The van der Waals surface area contributed by atoms with Gasteiger partial charge in [-0.15, -0.1) is 0 Å². The Morgan fingerprint density at radius 3 is 2.68 bits per heavy atom. The molecule has 1 saturated heterocycles. The molecule has 0 radical (unpaired) electrons. The van der Waals surface area contributed by atoms with Crippen LogP contribution in [0.1, 0.15) is 18.4 Å². The fourth-order valence-electron chi connectivity index (χ4n) is 2.36. The molecule has 1 aromatic rings. The third-order valence-corrected chi connectivity index (χ3v) is 3.94. The molecule has 0 amide bonds. The van der Waals surface area contributed by atoms with Gasteiger partial charge in [0.2, 0.25) is 0 Å². The number of halogens is 1. The number of ether oxygens (including phenoxy) is 1. The van der Waals surface area contributed by atoms with Crippen LogP contribution in [-0.2, 0) is 11.3 Å². The van der Waals surface area contributed by atoms with E-state index in [0.717, 1.165) is 30.9 Å². The van der Waals surface area contributed by atoms with Crippen LogP contribution in [0.25, 0.3) is 0 Å². The van der Waals surface area contributed by atoms with Gasteiger partial charge in [0.15, 0.2) is 0 Å². The van der Waals surface area contributed by atoms with Gasteiger partial charge in [0.25, 0.3) is 0 Å². The Morgan fingerprint density at radius 1 is 1.47 bits per heavy atom. The van der Waals surface area contributed by atoms with Gasteiger partial charge in [0, 0.05) is 11.6 Å². The number of benzene rings is 1. The first-order valence-corrected chi connectivity index (χ1v) is 6.75. The van der Waals surface area contributed by atoms with Crippen molar-refractivity contribution in [3.63, 3.8) is 0 Å². The number of carboxylic acids is 1. The van der Waals surface area contributed by atoms with Crippen molar-refractivity contribution in [2.75, 3.05) is 20.2 Å². The zero-order valence-corrected chi connectivity index (χ0v) is 11.7. The van der Waals surface area contributed by atoms with Crippen LogP contribution in [0.2, 0.25) is 5.02 Å². The molecule has 2 rings (SSSR count). The molecule has 5 heteroatoms. The summed E-state index contributed by atoms with van der Waals surface area (Å²) in [5, 5.41) is 9.66. The van der Waals surface area contributed by atoms with E-state index in [1.165, 1.54) is 0 Å². The Kier molecular flexibility index (Phi) is 4.66. The predicted octanol–water partition coefficient (Wildman–Crippen LogP) is 2.65. The van der Waals surface area contributed by atoms with E-state index in [1.54, 1.807) is 13.2 Å². The summed E-state index contributed by atoms with van der Waals surface area (Å²) >= 11 is 6.21. The number of hydrogen-bond acceptors (Lipinski definition) is 3. The average molecular weight is 284 g/mol. The highest BCUT2D eigenvalue weighted by Gasteiger charge is 2.24. The SMILES string of the molecule is COc1ccc(CN2CCC(C(=O)O)CC2)c(Cl)c1. The molecule has 1 aliphatic heterocycles. The fourth-order valence-corrected chi connectivity index (χ4v) is 2.59. The first-order chi connectivity index (χ1) is 9.10. The third-order valence-electron chi connectivity index (χ3n) is 3.59. The van der Waals surface area contributed by atoms with Crippen molar-refractivity contribution in [2.45, 2.75) is 19.4 Å². The minimum atomic E-state index is -0.679. The molecule has 0 atom stereocenters. The summed E-state index contributed by atoms with van der Waals surface area (Å²) in [5.41, 5.74) is 1.05. The zero-order chi connectivity index (χ0) is 13.8. The van der Waals surface area contributed by atoms with Crippen molar-refractivity contribution in [1.82, 2.24) is 4.90 Å². The van der Waals surface area contributed by atoms with Crippen LogP contribution in [0, 0.1) is 5.92 Å². The van der Waals surface area contributed by atoms with Crippen molar-refractivity contribution in [3.05, 3.63) is 28.8 Å². The Morgan fingerprint density at radius 2 is 2.16 bits per heavy atom. The summed E-state index contributed by atoms with van der Waals surface area (Å²) in [6.45, 7) is 2.37. The molecule has 0 aromatic heterocycles.